The van der Waals surface area contributed by atoms with Gasteiger partial charge in [-0.25, -0.2) is 0 Å². The first kappa shape index (κ1) is 20.5. The van der Waals surface area contributed by atoms with E-state index >= 15 is 0 Å². The second kappa shape index (κ2) is 11.0. The minimum Gasteiger partial charge on any atom is -0.497 e. The SMILES string of the molecule is COc1cc(C=CC(=O)NCCCOC(C)c2ccccc2)cc(OC)c1. The highest BCUT2D eigenvalue weighted by Crippen LogP contribution is 2.23. The van der Waals surface area contributed by atoms with Crippen LogP contribution < -0.4 is 14.8 Å². The predicted molar refractivity (Wildman–Crippen MR) is 107 cm³/mol. The van der Waals surface area contributed by atoms with Crippen molar-refractivity contribution >= 4 is 12.0 Å². The van der Waals surface area contributed by atoms with Crippen molar-refractivity contribution in [3.63, 3.8) is 0 Å². The molecule has 1 amide bonds. The van der Waals surface area contributed by atoms with E-state index in [0.29, 0.717) is 24.7 Å². The largest absolute Gasteiger partial charge is 0.497 e. The third-order valence-corrected chi connectivity index (χ3v) is 4.06. The van der Waals surface area contributed by atoms with E-state index in [1.165, 1.54) is 6.08 Å². The zero-order valence-corrected chi connectivity index (χ0v) is 16.1. The molecular weight excluding hydrogens is 342 g/mol. The van der Waals surface area contributed by atoms with Gasteiger partial charge in [-0.2, -0.15) is 0 Å². The van der Waals surface area contributed by atoms with E-state index < -0.39 is 0 Å². The Bertz CT molecular complexity index is 721. The van der Waals surface area contributed by atoms with Crippen LogP contribution in [0, 0.1) is 0 Å². The van der Waals surface area contributed by atoms with Gasteiger partial charge < -0.3 is 19.5 Å². The Balaban J connectivity index is 1.71. The lowest BCUT2D eigenvalue weighted by Crippen LogP contribution is -2.23. The topological polar surface area (TPSA) is 56.8 Å². The highest BCUT2D eigenvalue weighted by molar-refractivity contribution is 5.91. The van der Waals surface area contributed by atoms with E-state index in [9.17, 15) is 4.79 Å². The summed E-state index contributed by atoms with van der Waals surface area (Å²) in [5, 5.41) is 2.86. The molecule has 0 aromatic heterocycles. The highest BCUT2D eigenvalue weighted by Gasteiger charge is 2.04. The van der Waals surface area contributed by atoms with E-state index in [2.05, 4.69) is 5.32 Å². The van der Waals surface area contributed by atoms with E-state index in [1.807, 2.05) is 49.4 Å². The number of carbonyl (C=O) groups is 1. The fourth-order valence-corrected chi connectivity index (χ4v) is 2.52. The first-order chi connectivity index (χ1) is 13.1. The van der Waals surface area contributed by atoms with Crippen LogP contribution in [-0.2, 0) is 9.53 Å². The van der Waals surface area contributed by atoms with Gasteiger partial charge in [0, 0.05) is 25.3 Å². The van der Waals surface area contributed by atoms with E-state index in [0.717, 1.165) is 17.5 Å². The summed E-state index contributed by atoms with van der Waals surface area (Å²) in [6.45, 7) is 3.18. The lowest BCUT2D eigenvalue weighted by molar-refractivity contribution is -0.116. The minimum absolute atomic E-state index is 0.0461. The summed E-state index contributed by atoms with van der Waals surface area (Å²) in [5.74, 6) is 1.21. The van der Waals surface area contributed by atoms with Gasteiger partial charge in [0.15, 0.2) is 0 Å². The molecule has 0 fully saturated rings. The van der Waals surface area contributed by atoms with Gasteiger partial charge in [-0.1, -0.05) is 30.3 Å². The molecule has 5 nitrogen and oxygen atoms in total. The Hall–Kier alpha value is -2.79. The maximum Gasteiger partial charge on any atom is 0.244 e. The van der Waals surface area contributed by atoms with Crippen molar-refractivity contribution in [1.82, 2.24) is 5.32 Å². The minimum atomic E-state index is -0.145. The molecule has 0 bridgehead atoms. The zero-order valence-electron chi connectivity index (χ0n) is 16.1. The van der Waals surface area contributed by atoms with Crippen molar-refractivity contribution in [2.24, 2.45) is 0 Å². The van der Waals surface area contributed by atoms with Gasteiger partial charge in [-0.3, -0.25) is 4.79 Å². The zero-order chi connectivity index (χ0) is 19.5. The van der Waals surface area contributed by atoms with Gasteiger partial charge in [0.05, 0.1) is 20.3 Å². The maximum atomic E-state index is 11.9. The second-order valence-corrected chi connectivity index (χ2v) is 6.05. The molecule has 0 spiro atoms. The van der Waals surface area contributed by atoms with Crippen LogP contribution in [0.2, 0.25) is 0 Å². The van der Waals surface area contributed by atoms with E-state index in [4.69, 9.17) is 14.2 Å². The first-order valence-electron chi connectivity index (χ1n) is 8.98. The molecule has 5 heteroatoms. The average molecular weight is 369 g/mol. The molecule has 2 aromatic carbocycles. The molecule has 1 atom stereocenters. The maximum absolute atomic E-state index is 11.9. The van der Waals surface area contributed by atoms with Crippen LogP contribution in [0.5, 0.6) is 11.5 Å². The van der Waals surface area contributed by atoms with Crippen molar-refractivity contribution in [2.45, 2.75) is 19.4 Å². The molecule has 0 radical (unpaired) electrons. The predicted octanol–water partition coefficient (Wildman–Crippen LogP) is 4.00. The van der Waals surface area contributed by atoms with Gasteiger partial charge in [0.2, 0.25) is 5.91 Å². The van der Waals surface area contributed by atoms with Crippen molar-refractivity contribution in [3.05, 3.63) is 65.7 Å². The Kier molecular flexibility index (Phi) is 8.39. The Labute approximate surface area is 161 Å². The average Bonchev–Trinajstić information content (AvgIpc) is 2.72. The Morgan fingerprint density at radius 1 is 1.07 bits per heavy atom. The smallest absolute Gasteiger partial charge is 0.244 e. The monoisotopic (exact) mass is 369 g/mol. The van der Waals surface area contributed by atoms with Crippen molar-refractivity contribution < 1.29 is 19.0 Å². The van der Waals surface area contributed by atoms with Crippen molar-refractivity contribution in [2.75, 3.05) is 27.4 Å². The number of hydrogen-bond acceptors (Lipinski definition) is 4. The first-order valence-corrected chi connectivity index (χ1v) is 8.98. The fourth-order valence-electron chi connectivity index (χ4n) is 2.52. The lowest BCUT2D eigenvalue weighted by atomic mass is 10.1. The summed E-state index contributed by atoms with van der Waals surface area (Å²) >= 11 is 0. The van der Waals surface area contributed by atoms with E-state index in [-0.39, 0.29) is 12.0 Å². The number of hydrogen-bond donors (Lipinski definition) is 1. The second-order valence-electron chi connectivity index (χ2n) is 6.05. The Morgan fingerprint density at radius 3 is 2.37 bits per heavy atom. The molecule has 2 rings (SSSR count). The summed E-state index contributed by atoms with van der Waals surface area (Å²) < 4.78 is 16.2. The summed E-state index contributed by atoms with van der Waals surface area (Å²) in [7, 11) is 3.19. The van der Waals surface area contributed by atoms with E-state index in [1.54, 1.807) is 26.4 Å². The summed E-state index contributed by atoms with van der Waals surface area (Å²) in [6.07, 6.45) is 4.03. The van der Waals surface area contributed by atoms with Gasteiger partial charge >= 0.3 is 0 Å². The molecule has 0 saturated heterocycles. The molecule has 144 valence electrons. The number of carbonyl (C=O) groups excluding carboxylic acids is 1. The van der Waals surface area contributed by atoms with Crippen LogP contribution in [0.4, 0.5) is 0 Å². The van der Waals surface area contributed by atoms with Crippen LogP contribution in [0.3, 0.4) is 0 Å². The molecular formula is C22H27NO4. The van der Waals surface area contributed by atoms with Crippen LogP contribution >= 0.6 is 0 Å². The van der Waals surface area contributed by atoms with Crippen molar-refractivity contribution in [3.8, 4) is 11.5 Å². The number of benzene rings is 2. The third-order valence-electron chi connectivity index (χ3n) is 4.06. The summed E-state index contributed by atoms with van der Waals surface area (Å²) in [6, 6.07) is 15.5. The third kappa shape index (κ3) is 7.15. The Morgan fingerprint density at radius 2 is 1.74 bits per heavy atom. The molecule has 1 unspecified atom stereocenters. The van der Waals surface area contributed by atoms with Crippen molar-refractivity contribution in [1.29, 1.82) is 0 Å². The van der Waals surface area contributed by atoms with Crippen LogP contribution in [0.25, 0.3) is 6.08 Å². The fraction of sp³-hybridized carbons (Fsp3) is 0.318. The molecule has 0 aliphatic rings. The summed E-state index contributed by atoms with van der Waals surface area (Å²) in [5.41, 5.74) is 1.99. The van der Waals surface area contributed by atoms with Gasteiger partial charge in [-0.15, -0.1) is 0 Å². The number of rotatable bonds is 10. The quantitative estimate of drug-likeness (QED) is 0.508. The van der Waals surface area contributed by atoms with Crippen LogP contribution in [0.1, 0.15) is 30.6 Å². The molecule has 1 N–H and O–H groups in total. The summed E-state index contributed by atoms with van der Waals surface area (Å²) in [4.78, 5) is 11.9. The van der Waals surface area contributed by atoms with Crippen LogP contribution in [0.15, 0.2) is 54.6 Å². The molecule has 0 aliphatic heterocycles. The van der Waals surface area contributed by atoms with Gasteiger partial charge in [0.25, 0.3) is 0 Å². The highest BCUT2D eigenvalue weighted by atomic mass is 16.5. The molecule has 0 heterocycles. The molecule has 0 saturated carbocycles. The molecule has 27 heavy (non-hydrogen) atoms. The molecule has 2 aromatic rings. The van der Waals surface area contributed by atoms with Gasteiger partial charge in [-0.05, 0) is 42.7 Å². The van der Waals surface area contributed by atoms with Gasteiger partial charge in [0.1, 0.15) is 11.5 Å². The number of nitrogens with one attached hydrogen (secondary N) is 1. The number of ether oxygens (including phenoxy) is 3. The lowest BCUT2D eigenvalue weighted by Gasteiger charge is -2.13. The normalized spacial score (nSPS) is 12.0. The standard InChI is InChI=1S/C22H27NO4/c1-17(19-8-5-4-6-9-19)27-13-7-12-23-22(24)11-10-18-14-20(25-2)16-21(15-18)26-3/h4-6,8-11,14-17H,7,12-13H2,1-3H3,(H,23,24). The number of amides is 1. The molecule has 0 aliphatic carbocycles. The van der Waals surface area contributed by atoms with Crippen LogP contribution in [-0.4, -0.2) is 33.3 Å². The number of methoxy groups -OCH3 is 2.